The lowest BCUT2D eigenvalue weighted by Gasteiger charge is -2.38. The molecule has 1 aliphatic carbocycles. The second-order valence-electron chi connectivity index (χ2n) is 7.22. The van der Waals surface area contributed by atoms with Crippen LogP contribution in [0.5, 0.6) is 0 Å². The van der Waals surface area contributed by atoms with Gasteiger partial charge in [0.1, 0.15) is 0 Å². The molecule has 2 unspecified atom stereocenters. The zero-order valence-corrected chi connectivity index (χ0v) is 17.3. The lowest BCUT2D eigenvalue weighted by Crippen LogP contribution is -2.45. The molecule has 0 amide bonds. The minimum absolute atomic E-state index is 0.0717. The SMILES string of the molecule is CC1CC(=Cc2ccc(Cl)cc2)C2=C(C1)C(c1ccc(Cl)cc1)NC(=S)N2. The van der Waals surface area contributed by atoms with Crippen LogP contribution >= 0.6 is 35.4 Å². The second-order valence-corrected chi connectivity index (χ2v) is 8.50. The molecule has 4 rings (SSSR count). The number of hydrogen-bond donors (Lipinski definition) is 2. The van der Waals surface area contributed by atoms with Gasteiger partial charge in [-0.1, -0.05) is 54.4 Å². The van der Waals surface area contributed by atoms with Crippen LogP contribution < -0.4 is 10.6 Å². The molecular weight excluding hydrogens is 395 g/mol. The summed E-state index contributed by atoms with van der Waals surface area (Å²) in [4.78, 5) is 0. The van der Waals surface area contributed by atoms with Crippen molar-refractivity contribution in [2.75, 3.05) is 0 Å². The van der Waals surface area contributed by atoms with Crippen LogP contribution in [0.25, 0.3) is 6.08 Å². The van der Waals surface area contributed by atoms with E-state index >= 15 is 0 Å². The Balaban J connectivity index is 1.78. The zero-order valence-electron chi connectivity index (χ0n) is 14.9. The number of hydrogen-bond acceptors (Lipinski definition) is 1. The van der Waals surface area contributed by atoms with E-state index in [1.807, 2.05) is 36.4 Å². The average Bonchev–Trinajstić information content (AvgIpc) is 2.64. The topological polar surface area (TPSA) is 24.1 Å². The average molecular weight is 415 g/mol. The molecule has 2 N–H and O–H groups in total. The Hall–Kier alpha value is -1.81. The Bertz CT molecular complexity index is 930. The van der Waals surface area contributed by atoms with E-state index in [4.69, 9.17) is 35.4 Å². The quantitative estimate of drug-likeness (QED) is 0.565. The fourth-order valence-electron chi connectivity index (χ4n) is 3.85. The van der Waals surface area contributed by atoms with Crippen LogP contribution in [-0.2, 0) is 0 Å². The van der Waals surface area contributed by atoms with Crippen molar-refractivity contribution in [2.45, 2.75) is 25.8 Å². The molecule has 0 radical (unpaired) electrons. The van der Waals surface area contributed by atoms with Gasteiger partial charge < -0.3 is 10.6 Å². The van der Waals surface area contributed by atoms with Crippen LogP contribution in [0.3, 0.4) is 0 Å². The van der Waals surface area contributed by atoms with E-state index in [1.54, 1.807) is 0 Å². The van der Waals surface area contributed by atoms with Gasteiger partial charge in [-0.15, -0.1) is 0 Å². The van der Waals surface area contributed by atoms with E-state index in [1.165, 1.54) is 16.7 Å². The molecule has 0 saturated carbocycles. The first-order valence-corrected chi connectivity index (χ1v) is 10.2. The van der Waals surface area contributed by atoms with Crippen molar-refractivity contribution in [2.24, 2.45) is 5.92 Å². The normalized spacial score (nSPS) is 23.7. The van der Waals surface area contributed by atoms with Crippen molar-refractivity contribution in [1.29, 1.82) is 0 Å². The molecule has 1 aliphatic heterocycles. The summed E-state index contributed by atoms with van der Waals surface area (Å²) in [5.74, 6) is 0.562. The number of halogens is 2. The molecule has 0 aromatic heterocycles. The molecule has 2 aliphatic rings. The summed E-state index contributed by atoms with van der Waals surface area (Å²) < 4.78 is 0. The molecule has 0 saturated heterocycles. The Morgan fingerprint density at radius 1 is 0.963 bits per heavy atom. The van der Waals surface area contributed by atoms with Gasteiger partial charge in [0.25, 0.3) is 0 Å². The molecule has 2 aromatic rings. The van der Waals surface area contributed by atoms with Crippen LogP contribution in [0.1, 0.15) is 36.9 Å². The molecule has 0 bridgehead atoms. The highest BCUT2D eigenvalue weighted by atomic mass is 35.5. The van der Waals surface area contributed by atoms with Gasteiger partial charge in [-0.25, -0.2) is 0 Å². The molecule has 2 atom stereocenters. The van der Waals surface area contributed by atoms with Crippen LogP contribution in [0.15, 0.2) is 65.4 Å². The molecule has 0 spiro atoms. The van der Waals surface area contributed by atoms with E-state index < -0.39 is 0 Å². The maximum Gasteiger partial charge on any atom is 0.171 e. The van der Waals surface area contributed by atoms with Crippen molar-refractivity contribution >= 4 is 46.6 Å². The Kier molecular flexibility index (Phi) is 5.27. The fourth-order valence-corrected chi connectivity index (χ4v) is 4.33. The maximum atomic E-state index is 6.08. The highest BCUT2D eigenvalue weighted by molar-refractivity contribution is 7.80. The van der Waals surface area contributed by atoms with Gasteiger partial charge in [-0.05, 0) is 83.6 Å². The minimum atomic E-state index is 0.0717. The molecule has 0 fully saturated rings. The van der Waals surface area contributed by atoms with Crippen LogP contribution in [0, 0.1) is 5.92 Å². The van der Waals surface area contributed by atoms with Gasteiger partial charge in [0.2, 0.25) is 0 Å². The van der Waals surface area contributed by atoms with Crippen molar-refractivity contribution in [3.63, 3.8) is 0 Å². The number of thiocarbonyl (C=S) groups is 1. The smallest absolute Gasteiger partial charge is 0.171 e. The maximum absolute atomic E-state index is 6.08. The van der Waals surface area contributed by atoms with Gasteiger partial charge in [0, 0.05) is 15.7 Å². The van der Waals surface area contributed by atoms with Crippen LogP contribution in [0.2, 0.25) is 10.0 Å². The first kappa shape index (κ1) is 18.5. The largest absolute Gasteiger partial charge is 0.352 e. The number of allylic oxidation sites excluding steroid dienone is 1. The molecule has 138 valence electrons. The minimum Gasteiger partial charge on any atom is -0.352 e. The third kappa shape index (κ3) is 4.06. The Morgan fingerprint density at radius 3 is 2.26 bits per heavy atom. The van der Waals surface area contributed by atoms with Crippen molar-refractivity contribution in [3.05, 3.63) is 86.5 Å². The predicted octanol–water partition coefficient (Wildman–Crippen LogP) is 6.28. The summed E-state index contributed by atoms with van der Waals surface area (Å²) in [6.07, 6.45) is 4.29. The van der Waals surface area contributed by atoms with Crippen molar-refractivity contribution in [1.82, 2.24) is 10.6 Å². The predicted molar refractivity (Wildman–Crippen MR) is 118 cm³/mol. The van der Waals surface area contributed by atoms with Gasteiger partial charge >= 0.3 is 0 Å². The Labute approximate surface area is 175 Å². The monoisotopic (exact) mass is 414 g/mol. The third-order valence-electron chi connectivity index (χ3n) is 5.06. The van der Waals surface area contributed by atoms with E-state index in [9.17, 15) is 0 Å². The standard InChI is InChI=1S/C22H20Cl2N2S/c1-13-10-16(12-14-2-6-17(23)7-3-14)21-19(11-13)20(25-22(27)26-21)15-4-8-18(24)9-5-15/h2-9,12-13,20H,10-11H2,1H3,(H2,25,26,27). The third-order valence-corrected chi connectivity index (χ3v) is 5.78. The summed E-state index contributed by atoms with van der Waals surface area (Å²) in [5, 5.41) is 9.00. The summed E-state index contributed by atoms with van der Waals surface area (Å²) in [6.45, 7) is 2.30. The van der Waals surface area contributed by atoms with Crippen molar-refractivity contribution < 1.29 is 0 Å². The number of nitrogens with one attached hydrogen (secondary N) is 2. The summed E-state index contributed by atoms with van der Waals surface area (Å²) >= 11 is 17.6. The molecule has 1 heterocycles. The second kappa shape index (κ2) is 7.67. The molecular formula is C22H20Cl2N2S. The number of rotatable bonds is 2. The van der Waals surface area contributed by atoms with Gasteiger partial charge in [0.15, 0.2) is 5.11 Å². The van der Waals surface area contributed by atoms with E-state index in [0.29, 0.717) is 11.0 Å². The first-order chi connectivity index (χ1) is 13.0. The first-order valence-electron chi connectivity index (χ1n) is 9.02. The molecule has 5 heteroatoms. The highest BCUT2D eigenvalue weighted by Crippen LogP contribution is 2.41. The van der Waals surface area contributed by atoms with Gasteiger partial charge in [-0.2, -0.15) is 0 Å². The molecule has 2 aromatic carbocycles. The van der Waals surface area contributed by atoms with Crippen molar-refractivity contribution in [3.8, 4) is 0 Å². The van der Waals surface area contributed by atoms with E-state index in [0.717, 1.165) is 34.1 Å². The fraction of sp³-hybridized carbons (Fsp3) is 0.227. The number of benzene rings is 2. The van der Waals surface area contributed by atoms with E-state index in [2.05, 4.69) is 35.8 Å². The van der Waals surface area contributed by atoms with Gasteiger partial charge in [0.05, 0.1) is 6.04 Å². The lowest BCUT2D eigenvalue weighted by molar-refractivity contribution is 0.500. The highest BCUT2D eigenvalue weighted by Gasteiger charge is 2.32. The van der Waals surface area contributed by atoms with Crippen LogP contribution in [-0.4, -0.2) is 5.11 Å². The van der Waals surface area contributed by atoms with E-state index in [-0.39, 0.29) is 6.04 Å². The molecule has 27 heavy (non-hydrogen) atoms. The Morgan fingerprint density at radius 2 is 1.59 bits per heavy atom. The summed E-state index contributed by atoms with van der Waals surface area (Å²) in [5.41, 5.74) is 6.12. The summed E-state index contributed by atoms with van der Waals surface area (Å²) in [7, 11) is 0. The van der Waals surface area contributed by atoms with Crippen LogP contribution in [0.4, 0.5) is 0 Å². The lowest BCUT2D eigenvalue weighted by atomic mass is 9.78. The zero-order chi connectivity index (χ0) is 19.0. The van der Waals surface area contributed by atoms with Gasteiger partial charge in [-0.3, -0.25) is 0 Å². The summed E-state index contributed by atoms with van der Waals surface area (Å²) in [6, 6.07) is 16.0. The molecule has 2 nitrogen and oxygen atoms in total.